The summed E-state index contributed by atoms with van der Waals surface area (Å²) in [4.78, 5) is 1.31. The lowest BCUT2D eigenvalue weighted by Gasteiger charge is -2.46. The van der Waals surface area contributed by atoms with E-state index in [1.54, 1.807) is 11.3 Å². The molecular weight excluding hydrogens is 294 g/mol. The summed E-state index contributed by atoms with van der Waals surface area (Å²) in [5.41, 5.74) is 3.08. The molecule has 1 fully saturated rings. The molecule has 1 aliphatic carbocycles. The molecule has 0 aromatic carbocycles. The number of aliphatic hydroxyl groups is 1. The zero-order valence-electron chi connectivity index (χ0n) is 13.2. The fourth-order valence-electron chi connectivity index (χ4n) is 3.24. The van der Waals surface area contributed by atoms with Gasteiger partial charge in [-0.3, -0.25) is 0 Å². The maximum atomic E-state index is 9.94. The van der Waals surface area contributed by atoms with Crippen LogP contribution in [0.25, 0.3) is 0 Å². The molecule has 0 spiro atoms. The molecule has 1 atom stereocenters. The second kappa shape index (κ2) is 6.44. The zero-order valence-corrected chi connectivity index (χ0v) is 14.0. The summed E-state index contributed by atoms with van der Waals surface area (Å²) in [7, 11) is 0. The number of aryl methyl sites for hydroxylation is 2. The van der Waals surface area contributed by atoms with Gasteiger partial charge in [-0.15, -0.1) is 11.3 Å². The average Bonchev–Trinajstić information content (AvgIpc) is 2.99. The second-order valence-corrected chi connectivity index (χ2v) is 7.28. The van der Waals surface area contributed by atoms with Crippen molar-refractivity contribution in [3.63, 3.8) is 0 Å². The third kappa shape index (κ3) is 2.93. The van der Waals surface area contributed by atoms with Gasteiger partial charge in [-0.05, 0) is 49.8 Å². The van der Waals surface area contributed by atoms with Crippen LogP contribution >= 0.6 is 11.3 Å². The number of nitrogens with zero attached hydrogens (tertiary/aromatic N) is 2. The van der Waals surface area contributed by atoms with Crippen LogP contribution in [-0.2, 0) is 6.54 Å². The molecule has 1 aliphatic rings. The fourth-order valence-corrected chi connectivity index (χ4v) is 4.18. The quantitative estimate of drug-likeness (QED) is 0.859. The highest BCUT2D eigenvalue weighted by Crippen LogP contribution is 2.50. The predicted molar refractivity (Wildman–Crippen MR) is 88.8 cm³/mol. The molecular formula is C17H23N3OS. The van der Waals surface area contributed by atoms with E-state index in [9.17, 15) is 5.11 Å². The van der Waals surface area contributed by atoms with Crippen LogP contribution in [-0.4, -0.2) is 21.9 Å². The second-order valence-electron chi connectivity index (χ2n) is 6.30. The first kappa shape index (κ1) is 15.6. The van der Waals surface area contributed by atoms with Crippen molar-refractivity contribution in [3.05, 3.63) is 45.4 Å². The molecule has 1 unspecified atom stereocenters. The Balaban J connectivity index is 1.80. The highest BCUT2D eigenvalue weighted by molar-refractivity contribution is 7.10. The van der Waals surface area contributed by atoms with Crippen LogP contribution in [0.15, 0.2) is 23.6 Å². The number of hydrogen-bond donors (Lipinski definition) is 2. The number of aromatic nitrogens is 2. The van der Waals surface area contributed by atoms with Gasteiger partial charge in [0.25, 0.3) is 0 Å². The lowest BCUT2D eigenvalue weighted by atomic mass is 9.64. The Labute approximate surface area is 135 Å². The topological polar surface area (TPSA) is 58.0 Å². The van der Waals surface area contributed by atoms with Crippen molar-refractivity contribution >= 4 is 11.3 Å². The smallest absolute Gasteiger partial charge is 0.0645 e. The van der Waals surface area contributed by atoms with Gasteiger partial charge in [0, 0.05) is 22.9 Å². The highest BCUT2D eigenvalue weighted by Gasteiger charge is 2.44. The van der Waals surface area contributed by atoms with E-state index in [1.807, 2.05) is 13.8 Å². The van der Waals surface area contributed by atoms with Crippen molar-refractivity contribution in [1.29, 1.82) is 0 Å². The Bertz CT molecular complexity index is 617. The Hall–Kier alpha value is -1.30. The normalized spacial score (nSPS) is 18.0. The number of thiophene rings is 1. The molecule has 5 heteroatoms. The van der Waals surface area contributed by atoms with E-state index in [0.29, 0.717) is 0 Å². The molecule has 0 aliphatic heterocycles. The fraction of sp³-hybridized carbons (Fsp3) is 0.529. The third-order valence-corrected chi connectivity index (χ3v) is 5.74. The van der Waals surface area contributed by atoms with Crippen molar-refractivity contribution in [1.82, 2.24) is 15.5 Å². The summed E-state index contributed by atoms with van der Waals surface area (Å²) in [5, 5.41) is 24.0. The molecule has 1 saturated carbocycles. The first-order chi connectivity index (χ1) is 10.6. The maximum absolute atomic E-state index is 9.94. The molecule has 3 rings (SSSR count). The minimum Gasteiger partial charge on any atom is -0.396 e. The molecule has 2 aromatic heterocycles. The van der Waals surface area contributed by atoms with Crippen LogP contribution in [0.1, 0.15) is 47.1 Å². The molecule has 2 N–H and O–H groups in total. The minimum absolute atomic E-state index is 0.00569. The molecule has 2 heterocycles. The van der Waals surface area contributed by atoms with Gasteiger partial charge < -0.3 is 10.4 Å². The molecule has 0 saturated heterocycles. The van der Waals surface area contributed by atoms with E-state index in [-0.39, 0.29) is 18.1 Å². The number of nitrogens with one attached hydrogen (secondary N) is 1. The van der Waals surface area contributed by atoms with Crippen LogP contribution in [0.4, 0.5) is 0 Å². The van der Waals surface area contributed by atoms with E-state index < -0.39 is 0 Å². The highest BCUT2D eigenvalue weighted by atomic mass is 32.1. The SMILES string of the molecule is Cc1cc(CNC(c2cccs2)C2(CO)CCC2)c(C)nn1. The van der Waals surface area contributed by atoms with Crippen LogP contribution in [0, 0.1) is 19.3 Å². The monoisotopic (exact) mass is 317 g/mol. The molecule has 118 valence electrons. The van der Waals surface area contributed by atoms with Gasteiger partial charge in [-0.1, -0.05) is 12.5 Å². The van der Waals surface area contributed by atoms with Crippen LogP contribution < -0.4 is 5.32 Å². The standard InChI is InChI=1S/C17H23N3OS/c1-12-9-14(13(2)20-19-12)10-18-16(15-5-3-8-22-15)17(11-21)6-4-7-17/h3,5,8-9,16,18,21H,4,6-7,10-11H2,1-2H3. The summed E-state index contributed by atoms with van der Waals surface area (Å²) in [6.45, 7) is 4.96. The molecule has 2 aromatic rings. The molecule has 4 nitrogen and oxygen atoms in total. The van der Waals surface area contributed by atoms with Gasteiger partial charge >= 0.3 is 0 Å². The predicted octanol–water partition coefficient (Wildman–Crippen LogP) is 3.15. The minimum atomic E-state index is -0.00569. The molecule has 0 amide bonds. The van der Waals surface area contributed by atoms with E-state index in [4.69, 9.17) is 0 Å². The van der Waals surface area contributed by atoms with Crippen molar-refractivity contribution < 1.29 is 5.11 Å². The lowest BCUT2D eigenvalue weighted by Crippen LogP contribution is -2.45. The molecule has 22 heavy (non-hydrogen) atoms. The lowest BCUT2D eigenvalue weighted by molar-refractivity contribution is 0.00574. The number of hydrogen-bond acceptors (Lipinski definition) is 5. The van der Waals surface area contributed by atoms with E-state index in [0.717, 1.165) is 30.8 Å². The van der Waals surface area contributed by atoms with Crippen molar-refractivity contribution in [2.45, 2.75) is 45.7 Å². The largest absolute Gasteiger partial charge is 0.396 e. The van der Waals surface area contributed by atoms with Crippen LogP contribution in [0.2, 0.25) is 0 Å². The van der Waals surface area contributed by atoms with Crippen molar-refractivity contribution in [2.75, 3.05) is 6.61 Å². The van der Waals surface area contributed by atoms with Gasteiger partial charge in [-0.2, -0.15) is 10.2 Å². The zero-order chi connectivity index (χ0) is 15.6. The maximum Gasteiger partial charge on any atom is 0.0645 e. The summed E-state index contributed by atoms with van der Waals surface area (Å²) in [6, 6.07) is 6.55. The van der Waals surface area contributed by atoms with Gasteiger partial charge in [0.1, 0.15) is 0 Å². The Morgan fingerprint density at radius 3 is 2.77 bits per heavy atom. The van der Waals surface area contributed by atoms with Gasteiger partial charge in [-0.25, -0.2) is 0 Å². The van der Waals surface area contributed by atoms with Crippen molar-refractivity contribution in [2.24, 2.45) is 5.41 Å². The average molecular weight is 317 g/mol. The molecule has 0 radical (unpaired) electrons. The summed E-state index contributed by atoms with van der Waals surface area (Å²) >= 11 is 1.76. The first-order valence-corrected chi connectivity index (χ1v) is 8.70. The summed E-state index contributed by atoms with van der Waals surface area (Å²) < 4.78 is 0. The number of rotatable bonds is 6. The molecule has 0 bridgehead atoms. The number of aliphatic hydroxyl groups excluding tert-OH is 1. The van der Waals surface area contributed by atoms with Gasteiger partial charge in [0.05, 0.1) is 18.0 Å². The Morgan fingerprint density at radius 1 is 1.36 bits per heavy atom. The Morgan fingerprint density at radius 2 is 2.18 bits per heavy atom. The van der Waals surface area contributed by atoms with Gasteiger partial charge in [0.15, 0.2) is 0 Å². The Kier molecular flexibility index (Phi) is 4.57. The van der Waals surface area contributed by atoms with E-state index in [2.05, 4.69) is 39.1 Å². The van der Waals surface area contributed by atoms with E-state index >= 15 is 0 Å². The van der Waals surface area contributed by atoms with Crippen LogP contribution in [0.5, 0.6) is 0 Å². The van der Waals surface area contributed by atoms with Gasteiger partial charge in [0.2, 0.25) is 0 Å². The van der Waals surface area contributed by atoms with Crippen molar-refractivity contribution in [3.8, 4) is 0 Å². The summed E-state index contributed by atoms with van der Waals surface area (Å²) in [5.74, 6) is 0. The van der Waals surface area contributed by atoms with Crippen LogP contribution in [0.3, 0.4) is 0 Å². The first-order valence-electron chi connectivity index (χ1n) is 7.82. The van der Waals surface area contributed by atoms with E-state index in [1.165, 1.54) is 16.9 Å². The summed E-state index contributed by atoms with van der Waals surface area (Å²) in [6.07, 6.45) is 3.39. The third-order valence-electron chi connectivity index (χ3n) is 4.81.